The van der Waals surface area contributed by atoms with Crippen LogP contribution in [0.25, 0.3) is 0 Å². The van der Waals surface area contributed by atoms with Crippen molar-refractivity contribution in [3.63, 3.8) is 0 Å². The lowest BCUT2D eigenvalue weighted by molar-refractivity contribution is 0.521. The maximum atomic E-state index is 13.4. The summed E-state index contributed by atoms with van der Waals surface area (Å²) in [5.41, 5.74) is 0.663. The number of hydrogen-bond donors (Lipinski definition) is 0. The zero-order chi connectivity index (χ0) is 9.97. The standard InChI is InChI=1S/C11H11FN2/c1-9(14-8-4-7-13-14)10-5-2-3-6-11(10)12/h2-9H,1H3. The number of aromatic nitrogens is 2. The highest BCUT2D eigenvalue weighted by molar-refractivity contribution is 5.21. The van der Waals surface area contributed by atoms with Crippen molar-refractivity contribution in [1.82, 2.24) is 9.78 Å². The molecule has 2 aromatic rings. The lowest BCUT2D eigenvalue weighted by atomic mass is 10.1. The van der Waals surface area contributed by atoms with Crippen molar-refractivity contribution in [2.45, 2.75) is 13.0 Å². The molecular weight excluding hydrogens is 179 g/mol. The van der Waals surface area contributed by atoms with E-state index in [-0.39, 0.29) is 11.9 Å². The molecule has 0 amide bonds. The first-order valence-electron chi connectivity index (χ1n) is 4.52. The van der Waals surface area contributed by atoms with E-state index >= 15 is 0 Å². The van der Waals surface area contributed by atoms with Gasteiger partial charge in [0.05, 0.1) is 6.04 Å². The molecule has 1 unspecified atom stereocenters. The fraction of sp³-hybridized carbons (Fsp3) is 0.182. The minimum Gasteiger partial charge on any atom is -0.265 e. The molecule has 0 N–H and O–H groups in total. The molecule has 0 bridgehead atoms. The molecule has 72 valence electrons. The average Bonchev–Trinajstić information content (AvgIpc) is 2.70. The molecule has 1 heterocycles. The van der Waals surface area contributed by atoms with E-state index in [1.807, 2.05) is 25.3 Å². The number of halogens is 1. The van der Waals surface area contributed by atoms with Crippen molar-refractivity contribution in [2.24, 2.45) is 0 Å². The van der Waals surface area contributed by atoms with Gasteiger partial charge in [0, 0.05) is 18.0 Å². The highest BCUT2D eigenvalue weighted by atomic mass is 19.1. The molecule has 0 aliphatic heterocycles. The Morgan fingerprint density at radius 3 is 2.71 bits per heavy atom. The highest BCUT2D eigenvalue weighted by Crippen LogP contribution is 2.19. The van der Waals surface area contributed by atoms with Gasteiger partial charge in [0.1, 0.15) is 5.82 Å². The minimum atomic E-state index is -0.185. The first-order chi connectivity index (χ1) is 6.79. The highest BCUT2D eigenvalue weighted by Gasteiger charge is 2.11. The van der Waals surface area contributed by atoms with E-state index in [9.17, 15) is 4.39 Å². The van der Waals surface area contributed by atoms with E-state index < -0.39 is 0 Å². The fourth-order valence-electron chi connectivity index (χ4n) is 1.47. The molecule has 2 rings (SSSR count). The largest absolute Gasteiger partial charge is 0.265 e. The summed E-state index contributed by atoms with van der Waals surface area (Å²) in [6, 6.07) is 8.53. The van der Waals surface area contributed by atoms with Gasteiger partial charge < -0.3 is 0 Å². The van der Waals surface area contributed by atoms with Crippen LogP contribution in [0.3, 0.4) is 0 Å². The van der Waals surface area contributed by atoms with Crippen LogP contribution in [0.4, 0.5) is 4.39 Å². The van der Waals surface area contributed by atoms with Crippen LogP contribution in [0.1, 0.15) is 18.5 Å². The van der Waals surface area contributed by atoms with Crippen LogP contribution in [0, 0.1) is 5.82 Å². The fourth-order valence-corrected chi connectivity index (χ4v) is 1.47. The molecule has 0 aliphatic carbocycles. The summed E-state index contributed by atoms with van der Waals surface area (Å²) in [7, 11) is 0. The van der Waals surface area contributed by atoms with E-state index in [4.69, 9.17) is 0 Å². The Hall–Kier alpha value is -1.64. The van der Waals surface area contributed by atoms with Crippen LogP contribution in [-0.4, -0.2) is 9.78 Å². The van der Waals surface area contributed by atoms with Crippen LogP contribution in [0.5, 0.6) is 0 Å². The molecule has 0 radical (unpaired) electrons. The second kappa shape index (κ2) is 3.62. The summed E-state index contributed by atoms with van der Waals surface area (Å²) in [6.07, 6.45) is 3.52. The summed E-state index contributed by atoms with van der Waals surface area (Å²) in [4.78, 5) is 0. The van der Waals surface area contributed by atoms with Gasteiger partial charge in [-0.2, -0.15) is 5.10 Å². The summed E-state index contributed by atoms with van der Waals surface area (Å²) >= 11 is 0. The number of rotatable bonds is 2. The second-order valence-electron chi connectivity index (χ2n) is 3.18. The Kier molecular flexibility index (Phi) is 2.31. The van der Waals surface area contributed by atoms with Gasteiger partial charge in [-0.1, -0.05) is 18.2 Å². The van der Waals surface area contributed by atoms with Crippen molar-refractivity contribution >= 4 is 0 Å². The van der Waals surface area contributed by atoms with Crippen LogP contribution in [-0.2, 0) is 0 Å². The number of nitrogens with zero attached hydrogens (tertiary/aromatic N) is 2. The number of benzene rings is 1. The molecular formula is C11H11FN2. The SMILES string of the molecule is CC(c1ccccc1F)n1cccn1. The quantitative estimate of drug-likeness (QED) is 0.711. The van der Waals surface area contributed by atoms with Crippen LogP contribution in [0.2, 0.25) is 0 Å². The van der Waals surface area contributed by atoms with E-state index in [2.05, 4.69) is 5.10 Å². The predicted octanol–water partition coefficient (Wildman–Crippen LogP) is 2.63. The van der Waals surface area contributed by atoms with E-state index in [0.717, 1.165) is 0 Å². The Bertz CT molecular complexity index is 409. The second-order valence-corrected chi connectivity index (χ2v) is 3.18. The lowest BCUT2D eigenvalue weighted by Gasteiger charge is -2.12. The molecule has 14 heavy (non-hydrogen) atoms. The lowest BCUT2D eigenvalue weighted by Crippen LogP contribution is -2.08. The Morgan fingerprint density at radius 2 is 2.07 bits per heavy atom. The van der Waals surface area contributed by atoms with Crippen molar-refractivity contribution in [3.05, 3.63) is 54.1 Å². The van der Waals surface area contributed by atoms with Crippen molar-refractivity contribution in [3.8, 4) is 0 Å². The summed E-state index contributed by atoms with van der Waals surface area (Å²) in [5, 5.41) is 4.08. The minimum absolute atomic E-state index is 0.0637. The summed E-state index contributed by atoms with van der Waals surface area (Å²) in [5.74, 6) is -0.185. The zero-order valence-corrected chi connectivity index (χ0v) is 7.89. The van der Waals surface area contributed by atoms with Gasteiger partial charge >= 0.3 is 0 Å². The van der Waals surface area contributed by atoms with Crippen molar-refractivity contribution in [1.29, 1.82) is 0 Å². The van der Waals surface area contributed by atoms with E-state index in [0.29, 0.717) is 5.56 Å². The van der Waals surface area contributed by atoms with Crippen molar-refractivity contribution < 1.29 is 4.39 Å². The van der Waals surface area contributed by atoms with Crippen LogP contribution in [0.15, 0.2) is 42.7 Å². The number of hydrogen-bond acceptors (Lipinski definition) is 1. The molecule has 0 aliphatic rings. The third-order valence-electron chi connectivity index (χ3n) is 2.28. The van der Waals surface area contributed by atoms with Gasteiger partial charge in [-0.25, -0.2) is 4.39 Å². The van der Waals surface area contributed by atoms with Gasteiger partial charge in [-0.05, 0) is 19.1 Å². The molecule has 1 atom stereocenters. The summed E-state index contributed by atoms with van der Waals surface area (Å²) in [6.45, 7) is 1.92. The van der Waals surface area contributed by atoms with Crippen molar-refractivity contribution in [2.75, 3.05) is 0 Å². The van der Waals surface area contributed by atoms with Crippen LogP contribution >= 0.6 is 0 Å². The molecule has 2 nitrogen and oxygen atoms in total. The molecule has 0 saturated heterocycles. The van der Waals surface area contributed by atoms with Gasteiger partial charge in [0.15, 0.2) is 0 Å². The Morgan fingerprint density at radius 1 is 1.29 bits per heavy atom. The normalized spacial score (nSPS) is 12.7. The Labute approximate surface area is 82.0 Å². The third-order valence-corrected chi connectivity index (χ3v) is 2.28. The molecule has 0 saturated carbocycles. The maximum absolute atomic E-state index is 13.4. The monoisotopic (exact) mass is 190 g/mol. The smallest absolute Gasteiger partial charge is 0.128 e. The topological polar surface area (TPSA) is 17.8 Å². The van der Waals surface area contributed by atoms with Gasteiger partial charge in [0.2, 0.25) is 0 Å². The Balaban J connectivity index is 2.37. The maximum Gasteiger partial charge on any atom is 0.128 e. The molecule has 3 heteroatoms. The third kappa shape index (κ3) is 1.53. The zero-order valence-electron chi connectivity index (χ0n) is 7.89. The molecule has 1 aromatic carbocycles. The molecule has 0 fully saturated rings. The molecule has 0 spiro atoms. The van der Waals surface area contributed by atoms with Crippen LogP contribution < -0.4 is 0 Å². The molecule has 1 aromatic heterocycles. The first-order valence-corrected chi connectivity index (χ1v) is 4.52. The van der Waals surface area contributed by atoms with Gasteiger partial charge in [-0.3, -0.25) is 4.68 Å². The summed E-state index contributed by atoms with van der Waals surface area (Å²) < 4.78 is 15.1. The average molecular weight is 190 g/mol. The van der Waals surface area contributed by atoms with Gasteiger partial charge in [-0.15, -0.1) is 0 Å². The van der Waals surface area contributed by atoms with Gasteiger partial charge in [0.25, 0.3) is 0 Å². The first kappa shape index (κ1) is 8.94. The van der Waals surface area contributed by atoms with E-state index in [1.54, 1.807) is 23.0 Å². The predicted molar refractivity (Wildman–Crippen MR) is 52.4 cm³/mol. The van der Waals surface area contributed by atoms with E-state index in [1.165, 1.54) is 6.07 Å².